The molecular formula is C10H16N2O. The molecule has 1 atom stereocenters. The van der Waals surface area contributed by atoms with Crippen LogP contribution in [0.2, 0.25) is 0 Å². The van der Waals surface area contributed by atoms with Crippen molar-refractivity contribution in [1.29, 1.82) is 5.26 Å². The zero-order valence-electron chi connectivity index (χ0n) is 8.12. The predicted octanol–water partition coefficient (Wildman–Crippen LogP) is 1.18. The maximum Gasteiger partial charge on any atom is 0.122 e. The molecule has 3 nitrogen and oxygen atoms in total. The van der Waals surface area contributed by atoms with Gasteiger partial charge in [0.2, 0.25) is 0 Å². The fourth-order valence-electron chi connectivity index (χ4n) is 1.35. The van der Waals surface area contributed by atoms with E-state index in [4.69, 9.17) is 10.00 Å². The molecule has 0 radical (unpaired) electrons. The summed E-state index contributed by atoms with van der Waals surface area (Å²) in [5.41, 5.74) is 1.18. The van der Waals surface area contributed by atoms with Crippen LogP contribution in [-0.4, -0.2) is 37.2 Å². The molecule has 1 saturated heterocycles. The largest absolute Gasteiger partial charge is 0.377 e. The van der Waals surface area contributed by atoms with Crippen LogP contribution in [0.4, 0.5) is 0 Å². The number of ether oxygens (including phenoxy) is 1. The summed E-state index contributed by atoms with van der Waals surface area (Å²) in [6.45, 7) is 8.97. The zero-order valence-corrected chi connectivity index (χ0v) is 8.12. The van der Waals surface area contributed by atoms with Crippen LogP contribution in [0.5, 0.6) is 0 Å². The van der Waals surface area contributed by atoms with Crippen LogP contribution >= 0.6 is 0 Å². The summed E-state index contributed by atoms with van der Waals surface area (Å²) < 4.78 is 5.22. The Morgan fingerprint density at radius 1 is 1.77 bits per heavy atom. The number of morpholine rings is 1. The molecule has 72 valence electrons. The molecule has 1 aliphatic heterocycles. The summed E-state index contributed by atoms with van der Waals surface area (Å²) in [6.07, 6.45) is 0.982. The van der Waals surface area contributed by atoms with Gasteiger partial charge in [-0.25, -0.2) is 0 Å². The molecule has 0 N–H and O–H groups in total. The van der Waals surface area contributed by atoms with E-state index in [0.29, 0.717) is 6.61 Å². The second-order valence-electron chi connectivity index (χ2n) is 3.29. The smallest absolute Gasteiger partial charge is 0.122 e. The van der Waals surface area contributed by atoms with Crippen molar-refractivity contribution in [2.45, 2.75) is 19.4 Å². The summed E-state index contributed by atoms with van der Waals surface area (Å²) in [5.74, 6) is 0. The topological polar surface area (TPSA) is 36.3 Å². The molecule has 1 aliphatic rings. The van der Waals surface area contributed by atoms with Crippen LogP contribution in [0.1, 0.15) is 13.3 Å². The van der Waals surface area contributed by atoms with Gasteiger partial charge in [-0.05, 0) is 6.42 Å². The van der Waals surface area contributed by atoms with Crippen LogP contribution in [0.25, 0.3) is 0 Å². The van der Waals surface area contributed by atoms with E-state index in [9.17, 15) is 0 Å². The van der Waals surface area contributed by atoms with Crippen molar-refractivity contribution in [2.75, 3.05) is 26.3 Å². The lowest BCUT2D eigenvalue weighted by atomic mass is 10.2. The molecule has 0 bridgehead atoms. The van der Waals surface area contributed by atoms with E-state index in [1.165, 1.54) is 5.57 Å². The van der Waals surface area contributed by atoms with Gasteiger partial charge >= 0.3 is 0 Å². The van der Waals surface area contributed by atoms with Crippen LogP contribution in [-0.2, 0) is 4.74 Å². The molecule has 1 fully saturated rings. The highest BCUT2D eigenvalue weighted by Crippen LogP contribution is 2.09. The van der Waals surface area contributed by atoms with Gasteiger partial charge < -0.3 is 4.74 Å². The first-order valence-electron chi connectivity index (χ1n) is 4.66. The molecule has 3 heteroatoms. The minimum Gasteiger partial charge on any atom is -0.377 e. The Morgan fingerprint density at radius 2 is 2.54 bits per heavy atom. The van der Waals surface area contributed by atoms with Gasteiger partial charge in [0.15, 0.2) is 0 Å². The van der Waals surface area contributed by atoms with E-state index in [0.717, 1.165) is 26.1 Å². The highest BCUT2D eigenvalue weighted by Gasteiger charge is 2.22. The first kappa shape index (κ1) is 10.2. The van der Waals surface area contributed by atoms with Gasteiger partial charge in [-0.2, -0.15) is 5.26 Å². The number of nitriles is 1. The van der Waals surface area contributed by atoms with E-state index in [1.807, 2.05) is 0 Å². The van der Waals surface area contributed by atoms with Crippen molar-refractivity contribution in [1.82, 2.24) is 4.90 Å². The summed E-state index contributed by atoms with van der Waals surface area (Å²) in [5, 5.41) is 8.85. The highest BCUT2D eigenvalue weighted by atomic mass is 16.5. The zero-order chi connectivity index (χ0) is 9.68. The summed E-state index contributed by atoms with van der Waals surface area (Å²) in [6, 6.07) is 2.16. The Hall–Kier alpha value is -0.850. The molecule has 1 rings (SSSR count). The Morgan fingerprint density at radius 3 is 3.15 bits per heavy atom. The molecule has 0 aromatic heterocycles. The summed E-state index contributed by atoms with van der Waals surface area (Å²) in [7, 11) is 0. The van der Waals surface area contributed by atoms with E-state index >= 15 is 0 Å². The third-order valence-corrected chi connectivity index (χ3v) is 2.32. The molecule has 0 aromatic rings. The number of nitrogens with zero attached hydrogens (tertiary/aromatic N) is 2. The Balaban J connectivity index is 2.46. The van der Waals surface area contributed by atoms with Gasteiger partial charge in [0.05, 0.1) is 19.3 Å². The van der Waals surface area contributed by atoms with Gasteiger partial charge in [-0.15, -0.1) is 0 Å². The minimum absolute atomic E-state index is 0.0861. The van der Waals surface area contributed by atoms with Gasteiger partial charge in [0.25, 0.3) is 0 Å². The van der Waals surface area contributed by atoms with Gasteiger partial charge in [-0.1, -0.05) is 19.1 Å². The van der Waals surface area contributed by atoms with Crippen molar-refractivity contribution in [3.63, 3.8) is 0 Å². The Kier molecular flexibility index (Phi) is 3.94. The second kappa shape index (κ2) is 5.00. The number of rotatable bonds is 3. The monoisotopic (exact) mass is 180 g/mol. The fraction of sp³-hybridized carbons (Fsp3) is 0.700. The van der Waals surface area contributed by atoms with Crippen molar-refractivity contribution < 1.29 is 4.74 Å². The maximum atomic E-state index is 8.85. The average molecular weight is 180 g/mol. The van der Waals surface area contributed by atoms with Gasteiger partial charge in [0.1, 0.15) is 6.04 Å². The number of hydrogen-bond acceptors (Lipinski definition) is 3. The Labute approximate surface area is 79.6 Å². The lowest BCUT2D eigenvalue weighted by molar-refractivity contribution is 0.0173. The van der Waals surface area contributed by atoms with E-state index in [-0.39, 0.29) is 6.04 Å². The molecule has 0 amide bonds. The van der Waals surface area contributed by atoms with Crippen LogP contribution in [0, 0.1) is 11.3 Å². The third-order valence-electron chi connectivity index (χ3n) is 2.32. The lowest BCUT2D eigenvalue weighted by Crippen LogP contribution is -2.45. The lowest BCUT2D eigenvalue weighted by Gasteiger charge is -2.31. The number of hydrogen-bond donors (Lipinski definition) is 0. The van der Waals surface area contributed by atoms with Crippen molar-refractivity contribution in [2.24, 2.45) is 0 Å². The quantitative estimate of drug-likeness (QED) is 0.612. The minimum atomic E-state index is -0.0861. The summed E-state index contributed by atoms with van der Waals surface area (Å²) >= 11 is 0. The maximum absolute atomic E-state index is 8.85. The molecule has 0 spiro atoms. The van der Waals surface area contributed by atoms with Crippen LogP contribution in [0.3, 0.4) is 0 Å². The molecule has 1 unspecified atom stereocenters. The van der Waals surface area contributed by atoms with Crippen LogP contribution in [0.15, 0.2) is 12.2 Å². The molecule has 0 saturated carbocycles. The first-order valence-corrected chi connectivity index (χ1v) is 4.66. The third kappa shape index (κ3) is 2.83. The average Bonchev–Trinajstić information content (AvgIpc) is 2.18. The molecule has 0 aromatic carbocycles. The van der Waals surface area contributed by atoms with E-state index in [2.05, 4.69) is 24.5 Å². The Bertz CT molecular complexity index is 219. The van der Waals surface area contributed by atoms with Crippen LogP contribution < -0.4 is 0 Å². The fourth-order valence-corrected chi connectivity index (χ4v) is 1.35. The molecular weight excluding hydrogens is 164 g/mol. The van der Waals surface area contributed by atoms with E-state index in [1.54, 1.807) is 0 Å². The van der Waals surface area contributed by atoms with Gasteiger partial charge in [0, 0.05) is 13.1 Å². The first-order chi connectivity index (χ1) is 6.27. The molecule has 13 heavy (non-hydrogen) atoms. The normalized spacial score (nSPS) is 23.8. The van der Waals surface area contributed by atoms with E-state index < -0.39 is 0 Å². The van der Waals surface area contributed by atoms with Crippen molar-refractivity contribution >= 4 is 0 Å². The molecule has 1 heterocycles. The SMILES string of the molecule is C=C(CC)CN1CCOCC1C#N. The standard InChI is InChI=1S/C10H16N2O/c1-3-9(2)7-12-4-5-13-8-10(12)6-11/h10H,2-5,7-8H2,1H3. The predicted molar refractivity (Wildman–Crippen MR) is 51.2 cm³/mol. The van der Waals surface area contributed by atoms with Gasteiger partial charge in [-0.3, -0.25) is 4.90 Å². The highest BCUT2D eigenvalue weighted by molar-refractivity contribution is 5.02. The second-order valence-corrected chi connectivity index (χ2v) is 3.29. The summed E-state index contributed by atoms with van der Waals surface area (Å²) in [4.78, 5) is 2.13. The van der Waals surface area contributed by atoms with Crippen molar-refractivity contribution in [3.05, 3.63) is 12.2 Å². The molecule has 0 aliphatic carbocycles. The van der Waals surface area contributed by atoms with Crippen molar-refractivity contribution in [3.8, 4) is 6.07 Å².